The summed E-state index contributed by atoms with van der Waals surface area (Å²) in [5.74, 6) is -1.39. The van der Waals surface area contributed by atoms with Crippen LogP contribution >= 0.6 is 27.5 Å². The predicted octanol–water partition coefficient (Wildman–Crippen LogP) is 5.75. The molecule has 1 aliphatic rings. The van der Waals surface area contributed by atoms with Gasteiger partial charge in [0.15, 0.2) is 0 Å². The van der Waals surface area contributed by atoms with Crippen LogP contribution in [0.25, 0.3) is 0 Å². The summed E-state index contributed by atoms with van der Waals surface area (Å²) < 4.78 is 0.917. The van der Waals surface area contributed by atoms with Crippen LogP contribution in [0.2, 0.25) is 0 Å². The van der Waals surface area contributed by atoms with Crippen molar-refractivity contribution in [3.05, 3.63) is 98.6 Å². The van der Waals surface area contributed by atoms with Crippen molar-refractivity contribution in [2.24, 2.45) is 0 Å². The van der Waals surface area contributed by atoms with Crippen LogP contribution in [0.15, 0.2) is 81.9 Å². The average Bonchev–Trinajstić information content (AvgIpc) is 3.01. The number of carbonyl (C=O) groups excluding carboxylic acids is 3. The standard InChI is InChI=1S/C25H19BrClN3O3/c1-14-3-12-20(13-15(14)2)30-24(32)21(27)22(25(30)33)28-18-8-4-16(5-9-18)23(31)29-19-10-6-17(26)7-11-19/h3-13,28H,1-2H3,(H,29,31). The molecule has 0 bridgehead atoms. The number of hydrogen-bond donors (Lipinski definition) is 2. The molecule has 0 atom stereocenters. The molecule has 0 saturated carbocycles. The molecule has 3 amide bonds. The Morgan fingerprint density at radius 3 is 2.12 bits per heavy atom. The first kappa shape index (κ1) is 22.8. The normalized spacial score (nSPS) is 13.5. The second kappa shape index (κ2) is 9.21. The van der Waals surface area contributed by atoms with E-state index in [9.17, 15) is 14.4 Å². The number of benzene rings is 3. The number of anilines is 3. The third kappa shape index (κ3) is 4.69. The number of carbonyl (C=O) groups is 3. The summed E-state index contributed by atoms with van der Waals surface area (Å²) in [7, 11) is 0. The monoisotopic (exact) mass is 523 g/mol. The van der Waals surface area contributed by atoms with E-state index in [2.05, 4.69) is 26.6 Å². The van der Waals surface area contributed by atoms with E-state index in [-0.39, 0.29) is 16.6 Å². The summed E-state index contributed by atoms with van der Waals surface area (Å²) >= 11 is 9.56. The van der Waals surface area contributed by atoms with Gasteiger partial charge < -0.3 is 10.6 Å². The predicted molar refractivity (Wildman–Crippen MR) is 133 cm³/mol. The Bertz CT molecular complexity index is 1300. The third-order valence-corrected chi connectivity index (χ3v) is 6.17. The lowest BCUT2D eigenvalue weighted by Crippen LogP contribution is -2.32. The number of rotatable bonds is 5. The third-order valence-electron chi connectivity index (χ3n) is 5.29. The van der Waals surface area contributed by atoms with Crippen LogP contribution in [0.4, 0.5) is 17.1 Å². The van der Waals surface area contributed by atoms with Crippen molar-refractivity contribution in [3.63, 3.8) is 0 Å². The van der Waals surface area contributed by atoms with Gasteiger partial charge in [-0.05, 0) is 85.6 Å². The van der Waals surface area contributed by atoms with E-state index in [0.29, 0.717) is 22.6 Å². The van der Waals surface area contributed by atoms with E-state index >= 15 is 0 Å². The molecule has 2 N–H and O–H groups in total. The van der Waals surface area contributed by atoms with E-state index in [1.165, 1.54) is 0 Å². The van der Waals surface area contributed by atoms with Crippen molar-refractivity contribution < 1.29 is 14.4 Å². The average molecular weight is 525 g/mol. The maximum atomic E-state index is 13.0. The Balaban J connectivity index is 1.48. The Hall–Kier alpha value is -3.42. The largest absolute Gasteiger partial charge is 0.350 e. The highest BCUT2D eigenvalue weighted by Gasteiger charge is 2.39. The first-order chi connectivity index (χ1) is 15.7. The van der Waals surface area contributed by atoms with Crippen molar-refractivity contribution in [3.8, 4) is 0 Å². The smallest absolute Gasteiger partial charge is 0.283 e. The van der Waals surface area contributed by atoms with Gasteiger partial charge >= 0.3 is 0 Å². The lowest BCUT2D eigenvalue weighted by Gasteiger charge is -2.16. The zero-order chi connectivity index (χ0) is 23.7. The van der Waals surface area contributed by atoms with E-state index in [4.69, 9.17) is 11.6 Å². The van der Waals surface area contributed by atoms with Gasteiger partial charge in [0.2, 0.25) is 0 Å². The lowest BCUT2D eigenvalue weighted by molar-refractivity contribution is -0.120. The van der Waals surface area contributed by atoms with Crippen LogP contribution in [0.1, 0.15) is 21.5 Å². The number of halogens is 2. The summed E-state index contributed by atoms with van der Waals surface area (Å²) in [6.45, 7) is 3.86. The Morgan fingerprint density at radius 1 is 0.848 bits per heavy atom. The van der Waals surface area contributed by atoms with Gasteiger partial charge in [0.1, 0.15) is 10.7 Å². The van der Waals surface area contributed by atoms with Crippen molar-refractivity contribution in [2.75, 3.05) is 15.5 Å². The summed E-state index contributed by atoms with van der Waals surface area (Å²) in [6, 6.07) is 19.1. The number of amides is 3. The fourth-order valence-electron chi connectivity index (χ4n) is 3.30. The fraction of sp³-hybridized carbons (Fsp3) is 0.0800. The lowest BCUT2D eigenvalue weighted by atomic mass is 10.1. The van der Waals surface area contributed by atoms with Gasteiger partial charge in [-0.15, -0.1) is 0 Å². The van der Waals surface area contributed by atoms with Crippen LogP contribution in [-0.2, 0) is 9.59 Å². The van der Waals surface area contributed by atoms with E-state index in [1.54, 1.807) is 48.5 Å². The van der Waals surface area contributed by atoms with Crippen molar-refractivity contribution >= 4 is 62.3 Å². The molecular formula is C25H19BrClN3O3. The summed E-state index contributed by atoms with van der Waals surface area (Å²) in [5, 5.41) is 5.55. The summed E-state index contributed by atoms with van der Waals surface area (Å²) in [6.07, 6.45) is 0. The number of nitrogens with zero attached hydrogens (tertiary/aromatic N) is 1. The van der Waals surface area contributed by atoms with Gasteiger partial charge in [-0.1, -0.05) is 33.6 Å². The van der Waals surface area contributed by atoms with E-state index in [0.717, 1.165) is 20.5 Å². The Labute approximate surface area is 204 Å². The maximum Gasteiger partial charge on any atom is 0.283 e. The van der Waals surface area contributed by atoms with Crippen molar-refractivity contribution in [1.29, 1.82) is 0 Å². The first-order valence-electron chi connectivity index (χ1n) is 10.0. The molecule has 3 aromatic rings. The van der Waals surface area contributed by atoms with Crippen LogP contribution < -0.4 is 15.5 Å². The number of aryl methyl sites for hydroxylation is 2. The van der Waals surface area contributed by atoms with Crippen molar-refractivity contribution in [2.45, 2.75) is 13.8 Å². The highest BCUT2D eigenvalue weighted by atomic mass is 79.9. The SMILES string of the molecule is Cc1ccc(N2C(=O)C(Cl)=C(Nc3ccc(C(=O)Nc4ccc(Br)cc4)cc3)C2=O)cc1C. The van der Waals surface area contributed by atoms with Gasteiger partial charge in [0.25, 0.3) is 17.7 Å². The van der Waals surface area contributed by atoms with Gasteiger partial charge in [-0.3, -0.25) is 14.4 Å². The molecule has 0 spiro atoms. The molecule has 8 heteroatoms. The molecule has 1 aliphatic heterocycles. The molecule has 0 aromatic heterocycles. The second-order valence-corrected chi connectivity index (χ2v) is 8.86. The van der Waals surface area contributed by atoms with Crippen molar-refractivity contribution in [1.82, 2.24) is 0 Å². The maximum absolute atomic E-state index is 13.0. The fourth-order valence-corrected chi connectivity index (χ4v) is 3.77. The zero-order valence-electron chi connectivity index (χ0n) is 17.8. The minimum atomic E-state index is -0.585. The van der Waals surface area contributed by atoms with Gasteiger partial charge in [0.05, 0.1) is 5.69 Å². The Morgan fingerprint density at radius 2 is 1.48 bits per heavy atom. The molecule has 0 aliphatic carbocycles. The van der Waals surface area contributed by atoms with Gasteiger partial charge in [-0.2, -0.15) is 0 Å². The summed E-state index contributed by atoms with van der Waals surface area (Å²) in [5.41, 5.74) is 4.10. The van der Waals surface area contributed by atoms with Gasteiger partial charge in [-0.25, -0.2) is 4.90 Å². The molecule has 33 heavy (non-hydrogen) atoms. The Kier molecular flexibility index (Phi) is 6.35. The molecule has 4 rings (SSSR count). The molecule has 3 aromatic carbocycles. The van der Waals surface area contributed by atoms with Crippen LogP contribution in [0, 0.1) is 13.8 Å². The highest BCUT2D eigenvalue weighted by molar-refractivity contribution is 9.10. The molecule has 0 saturated heterocycles. The molecule has 0 fully saturated rings. The van der Waals surface area contributed by atoms with E-state index < -0.39 is 11.8 Å². The molecule has 6 nitrogen and oxygen atoms in total. The molecule has 0 unspecified atom stereocenters. The van der Waals surface area contributed by atoms with E-state index in [1.807, 2.05) is 32.0 Å². The molecule has 1 heterocycles. The second-order valence-electron chi connectivity index (χ2n) is 7.57. The summed E-state index contributed by atoms with van der Waals surface area (Å²) in [4.78, 5) is 39.2. The highest BCUT2D eigenvalue weighted by Crippen LogP contribution is 2.31. The molecule has 0 radical (unpaired) electrons. The van der Waals surface area contributed by atoms with Gasteiger partial charge in [0, 0.05) is 21.4 Å². The first-order valence-corrected chi connectivity index (χ1v) is 11.2. The topological polar surface area (TPSA) is 78.5 Å². The quantitative estimate of drug-likeness (QED) is 0.416. The number of nitrogens with one attached hydrogen (secondary N) is 2. The number of hydrogen-bond acceptors (Lipinski definition) is 4. The molecule has 166 valence electrons. The number of imide groups is 1. The minimum Gasteiger partial charge on any atom is -0.350 e. The van der Waals surface area contributed by atoms with Crippen LogP contribution in [-0.4, -0.2) is 17.7 Å². The van der Waals surface area contributed by atoms with Crippen LogP contribution in [0.5, 0.6) is 0 Å². The zero-order valence-corrected chi connectivity index (χ0v) is 20.1. The van der Waals surface area contributed by atoms with Crippen LogP contribution in [0.3, 0.4) is 0 Å². The minimum absolute atomic E-state index is 0.00745. The molecular weight excluding hydrogens is 506 g/mol.